The summed E-state index contributed by atoms with van der Waals surface area (Å²) in [4.78, 5) is 265. The fraction of sp³-hybridized carbons (Fsp3) is 0.517. The maximum Gasteiger partial charge on any atom is 0.331 e. The van der Waals surface area contributed by atoms with Gasteiger partial charge in [0.25, 0.3) is 5.91 Å². The Morgan fingerprint density at radius 3 is 1.78 bits per heavy atom. The third-order valence-corrected chi connectivity index (χ3v) is 24.0. The van der Waals surface area contributed by atoms with E-state index >= 15 is 33.6 Å². The number of rotatable bonds is 25. The van der Waals surface area contributed by atoms with Gasteiger partial charge in [-0.2, -0.15) is 0 Å². The van der Waals surface area contributed by atoms with Crippen molar-refractivity contribution in [3.63, 3.8) is 0 Å². The molecule has 3 aliphatic rings. The summed E-state index contributed by atoms with van der Waals surface area (Å²) in [6.45, 7) is 4.43. The normalized spacial score (nSPS) is 24.0. The maximum atomic E-state index is 15.7. The van der Waals surface area contributed by atoms with E-state index in [-0.39, 0.29) is 95.4 Å². The highest BCUT2D eigenvalue weighted by Gasteiger charge is 2.46. The predicted octanol–water partition coefficient (Wildman–Crippen LogP) is -0.577. The summed E-state index contributed by atoms with van der Waals surface area (Å²) in [5, 5.41) is 62.6. The van der Waals surface area contributed by atoms with Crippen LogP contribution in [0, 0.1) is 0 Å². The molecule has 19 N–H and O–H groups in total. The number of unbranched alkanes of at least 4 members (excludes halogenated alkanes) is 3. The number of imide groups is 2. The monoisotopic (exact) mass is 1810 g/mol. The second-order valence-corrected chi connectivity index (χ2v) is 33.6. The summed E-state index contributed by atoms with van der Waals surface area (Å²) >= 11 is 0.764. The summed E-state index contributed by atoms with van der Waals surface area (Å²) in [5.41, 5.74) is 8.32. The Balaban J connectivity index is 1.09. The van der Waals surface area contributed by atoms with E-state index < -0.39 is 211 Å². The number of urea groups is 2. The smallest absolute Gasteiger partial charge is 0.331 e. The Morgan fingerprint density at radius 2 is 1.15 bits per heavy atom. The quantitative estimate of drug-likeness (QED) is 0.0319. The Labute approximate surface area is 749 Å². The maximum absolute atomic E-state index is 15.7. The van der Waals surface area contributed by atoms with Crippen LogP contribution < -0.4 is 64.2 Å². The first-order chi connectivity index (χ1) is 61.7. The molecule has 41 nitrogen and oxygen atoms in total. The minimum Gasteiger partial charge on any atom is -0.508 e. The molecule has 6 aromatic rings. The van der Waals surface area contributed by atoms with Crippen LogP contribution in [0.15, 0.2) is 97.7 Å². The zero-order valence-corrected chi connectivity index (χ0v) is 74.2. The van der Waals surface area contributed by atoms with Gasteiger partial charge in [-0.05, 0) is 92.8 Å². The van der Waals surface area contributed by atoms with Crippen molar-refractivity contribution in [3.05, 3.63) is 120 Å². The number of phenolic OH excluding ortho intramolecular Hbond substituents is 1. The third kappa shape index (κ3) is 27.8. The molecule has 6 heterocycles. The van der Waals surface area contributed by atoms with Gasteiger partial charge < -0.3 is 109 Å². The minimum absolute atomic E-state index is 0.00615. The first kappa shape index (κ1) is 99.8. The van der Waals surface area contributed by atoms with E-state index in [2.05, 4.69) is 78.4 Å². The third-order valence-electron chi connectivity index (χ3n) is 23.0. The van der Waals surface area contributed by atoms with Gasteiger partial charge in [0.05, 0.1) is 31.3 Å². The van der Waals surface area contributed by atoms with Crippen LogP contribution in [0.4, 0.5) is 9.59 Å². The number of primary amides is 1. The first-order valence-corrected chi connectivity index (χ1v) is 44.6. The van der Waals surface area contributed by atoms with Crippen molar-refractivity contribution in [1.29, 1.82) is 0 Å². The van der Waals surface area contributed by atoms with Gasteiger partial charge in [0.2, 0.25) is 82.7 Å². The minimum atomic E-state index is -1.88. The standard InChI is InChI=1S/C87H119N21O20S/c1-8-11-13-27-69-85(126)104(5)67(26-12-9-2)79(120)95-49(4)74(115)102-66(75(116)93-43-71(88)112)46-129-47-73(114)96-63(35-50-29-31-54(110)32-30-50)83(124)106(7)86(127)103-87(128)107-34-19-28-68(107)80(121)99-62(38-53-42-89-48-94-53)77(118)97-60(25-18-33-90-72(113)20-10-3)84(125)108-44-55(111)39-70(108)81(122)98-61(36-51-40-91-58-23-16-14-21-56(51)58)76(117)101-65(45-109)78(119)100-64(82(123)105(69)6)37-52-41-92-59-24-17-15-22-57(52)59/h14-17,21-24,29-32,40-42,48-49,55,60-70,91-92,109-111H,8-13,18-20,25-28,33-39,43-47H2,1-7H3,(H2,88,112)(H,89,94)(H,90,113)(H,93,116)(H,95,120)(H,96,114)(H,97,118)(H,98,122)(H,99,121)(H,100,119)(H,101,117)(H,102,115)(H,103,127,128)/t49-,55+,60-,61-,62-,63-,64-,65-,66-,67-,68-,69-,70-/m0/s1. The van der Waals surface area contributed by atoms with E-state index in [0.29, 0.717) is 87.6 Å². The molecule has 129 heavy (non-hydrogen) atoms. The molecule has 0 radical (unpaired) electrons. The molecule has 3 saturated heterocycles. The van der Waals surface area contributed by atoms with Gasteiger partial charge in [0.15, 0.2) is 0 Å². The van der Waals surface area contributed by atoms with E-state index in [1.54, 1.807) is 67.8 Å². The van der Waals surface area contributed by atoms with Gasteiger partial charge in [-0.1, -0.05) is 101 Å². The van der Waals surface area contributed by atoms with Crippen molar-refractivity contribution in [2.24, 2.45) is 5.73 Å². The number of nitrogens with two attached hydrogens (primary N) is 1. The number of H-pyrrole nitrogens is 3. The van der Waals surface area contributed by atoms with Crippen LogP contribution >= 0.6 is 11.8 Å². The number of nitrogens with zero attached hydrogens (tertiary/aromatic N) is 6. The highest BCUT2D eigenvalue weighted by Crippen LogP contribution is 2.27. The topological polar surface area (TPSA) is 586 Å². The molecule has 42 heteroatoms. The van der Waals surface area contributed by atoms with E-state index in [1.165, 1.54) is 57.8 Å². The second-order valence-electron chi connectivity index (χ2n) is 32.6. The lowest BCUT2D eigenvalue weighted by Crippen LogP contribution is -2.61. The number of hydrogen-bond donors (Lipinski definition) is 18. The predicted molar refractivity (Wildman–Crippen MR) is 472 cm³/mol. The lowest BCUT2D eigenvalue weighted by atomic mass is 9.99. The van der Waals surface area contributed by atoms with Crippen LogP contribution in [0.5, 0.6) is 5.75 Å². The number of amides is 19. The molecule has 19 amide bonds. The summed E-state index contributed by atoms with van der Waals surface area (Å²) < 4.78 is 0. The molecule has 3 aromatic carbocycles. The van der Waals surface area contributed by atoms with Gasteiger partial charge >= 0.3 is 12.1 Å². The molecule has 3 aliphatic heterocycles. The van der Waals surface area contributed by atoms with Gasteiger partial charge in [-0.25, -0.2) is 14.6 Å². The lowest BCUT2D eigenvalue weighted by Gasteiger charge is -2.36. The molecule has 3 aromatic heterocycles. The fourth-order valence-corrected chi connectivity index (χ4v) is 16.6. The Bertz CT molecular complexity index is 4970. The molecule has 0 saturated carbocycles. The number of benzene rings is 3. The molecule has 9 rings (SSSR count). The molecule has 3 fully saturated rings. The second kappa shape index (κ2) is 48.3. The molecule has 13 atom stereocenters. The molecule has 0 unspecified atom stereocenters. The van der Waals surface area contributed by atoms with Gasteiger partial charge in [0, 0.05) is 131 Å². The van der Waals surface area contributed by atoms with Crippen LogP contribution in [-0.4, -0.2) is 304 Å². The number of likely N-dealkylation sites (N-methyl/N-ethyl adjacent to an activating group) is 3. The van der Waals surface area contributed by atoms with Crippen molar-refractivity contribution in [3.8, 4) is 5.75 Å². The number of phenols is 1. The van der Waals surface area contributed by atoms with E-state index in [9.17, 15) is 63.3 Å². The molecule has 0 aliphatic carbocycles. The largest absolute Gasteiger partial charge is 0.508 e. The van der Waals surface area contributed by atoms with Crippen LogP contribution in [0.2, 0.25) is 0 Å². The van der Waals surface area contributed by atoms with Crippen LogP contribution in [0.25, 0.3) is 21.8 Å². The number of imidazole rings is 1. The number of carbonyl (C=O) groups is 17. The fourth-order valence-electron chi connectivity index (χ4n) is 15.8. The van der Waals surface area contributed by atoms with Crippen molar-refractivity contribution < 1.29 is 96.8 Å². The van der Waals surface area contributed by atoms with E-state index in [0.717, 1.165) is 38.4 Å². The number of aromatic nitrogens is 4. The number of aromatic hydroxyl groups is 1. The Morgan fingerprint density at radius 1 is 0.558 bits per heavy atom. The van der Waals surface area contributed by atoms with Crippen molar-refractivity contribution in [2.45, 2.75) is 222 Å². The SMILES string of the molecule is CCCCC[C@H]1C(=O)N(C)[C@@H](CCCC)C(=O)N[C@@H](C)C(=O)N[C@H](C(=O)NCC(N)=O)CSCC(=O)N[C@@H](Cc2ccc(O)cc2)C(=O)N(C)C(=O)NC(=O)N2CCC[C@H]2C(=O)N[C@@H](Cc2cnc[nH]2)C(=O)N[C@@H](CCCNC(=O)CCC)C(=O)N2C[C@H](O)C[C@H]2C(=O)N[C@@H](Cc2c[nH]c3ccccc23)C(=O)N[C@@H](CO)C(=O)N[C@@H](Cc2c[nH]c3ccccc23)C(=O)N1C. The van der Waals surface area contributed by atoms with Crippen LogP contribution in [0.3, 0.4) is 0 Å². The summed E-state index contributed by atoms with van der Waals surface area (Å²) in [6, 6.07) is -1.47. The molecular formula is C87H119N21O20S. The number of aliphatic hydroxyl groups is 2. The number of fused-ring (bicyclic) bond motifs is 4. The number of thioether (sulfide) groups is 1. The molecular weight excluding hydrogens is 1690 g/mol. The van der Waals surface area contributed by atoms with Gasteiger partial charge in [0.1, 0.15) is 78.3 Å². The summed E-state index contributed by atoms with van der Waals surface area (Å²) in [6.07, 6.45) is 6.08. The average molecular weight is 1810 g/mol. The Kier molecular flexibility index (Phi) is 37.3. The number of para-hydroxylation sites is 2. The molecule has 698 valence electrons. The zero-order chi connectivity index (χ0) is 93.7. The first-order valence-electron chi connectivity index (χ1n) is 43.4. The van der Waals surface area contributed by atoms with E-state index in [1.807, 2.05) is 13.8 Å². The van der Waals surface area contributed by atoms with Crippen LogP contribution in [0.1, 0.15) is 140 Å². The molecule has 0 spiro atoms. The van der Waals surface area contributed by atoms with Crippen molar-refractivity contribution in [1.82, 2.24) is 103 Å². The van der Waals surface area contributed by atoms with Crippen molar-refractivity contribution in [2.75, 3.05) is 65.4 Å². The number of carbonyl (C=O) groups excluding carboxylic acids is 17. The summed E-state index contributed by atoms with van der Waals surface area (Å²) in [7, 11) is 3.73. The zero-order valence-electron chi connectivity index (χ0n) is 73.4. The van der Waals surface area contributed by atoms with E-state index in [4.69, 9.17) is 5.73 Å². The molecule has 0 bridgehead atoms. The van der Waals surface area contributed by atoms with Gasteiger partial charge in [-0.15, -0.1) is 11.8 Å². The summed E-state index contributed by atoms with van der Waals surface area (Å²) in [5.74, 6) is -14.6. The highest BCUT2D eigenvalue weighted by molar-refractivity contribution is 8.00. The van der Waals surface area contributed by atoms with Gasteiger partial charge in [-0.3, -0.25) is 82.1 Å². The number of aromatic amines is 3. The van der Waals surface area contributed by atoms with Crippen molar-refractivity contribution >= 4 is 134 Å². The Hall–Kier alpha value is -13.0. The van der Waals surface area contributed by atoms with Crippen LogP contribution in [-0.2, 0) is 97.6 Å². The number of hydrogen-bond acceptors (Lipinski definition) is 22. The number of aliphatic hydroxyl groups excluding tert-OH is 2. The average Bonchev–Trinajstić information content (AvgIpc) is 1.54. The lowest BCUT2D eigenvalue weighted by molar-refractivity contribution is -0.149. The highest BCUT2D eigenvalue weighted by atomic mass is 32.2. The number of nitrogens with one attached hydrogen (secondary N) is 14.